The van der Waals surface area contributed by atoms with Gasteiger partial charge in [-0.2, -0.15) is 0 Å². The van der Waals surface area contributed by atoms with Crippen LogP contribution < -0.4 is 0 Å². The van der Waals surface area contributed by atoms with Gasteiger partial charge in [-0.05, 0) is 44.4 Å². The minimum atomic E-state index is -0.697. The molecule has 3 aliphatic rings. The van der Waals surface area contributed by atoms with E-state index in [4.69, 9.17) is 4.74 Å². The summed E-state index contributed by atoms with van der Waals surface area (Å²) >= 11 is 0. The number of fused-ring (bicyclic) bond motifs is 1. The van der Waals surface area contributed by atoms with Crippen LogP contribution in [-0.4, -0.2) is 40.4 Å². The Morgan fingerprint density at radius 1 is 1.14 bits per heavy atom. The highest BCUT2D eigenvalue weighted by Crippen LogP contribution is 2.56. The second-order valence-electron chi connectivity index (χ2n) is 9.69. The SMILES string of the molecule is CCCCOC12CC[C@H](O)[C@@H](/C=C/[C@@H](O)C3CCCCC3)[C@@H]1C(CCCC)C2=O. The van der Waals surface area contributed by atoms with Crippen LogP contribution in [-0.2, 0) is 9.53 Å². The van der Waals surface area contributed by atoms with Gasteiger partial charge < -0.3 is 14.9 Å². The van der Waals surface area contributed by atoms with Crippen LogP contribution >= 0.6 is 0 Å². The summed E-state index contributed by atoms with van der Waals surface area (Å²) in [7, 11) is 0. The fourth-order valence-corrected chi connectivity index (χ4v) is 6.03. The minimum Gasteiger partial charge on any atom is -0.393 e. The molecule has 3 rings (SSSR count). The predicted octanol–water partition coefficient (Wildman–Crippen LogP) is 4.82. The first-order valence-electron chi connectivity index (χ1n) is 12.3. The average molecular weight is 407 g/mol. The zero-order valence-corrected chi connectivity index (χ0v) is 18.5. The van der Waals surface area contributed by atoms with E-state index in [0.29, 0.717) is 25.4 Å². The molecule has 0 aromatic heterocycles. The van der Waals surface area contributed by atoms with Gasteiger partial charge in [-0.3, -0.25) is 4.79 Å². The van der Waals surface area contributed by atoms with Crippen molar-refractivity contribution < 1.29 is 19.7 Å². The van der Waals surface area contributed by atoms with Crippen LogP contribution in [0, 0.1) is 23.7 Å². The molecule has 3 fully saturated rings. The third-order valence-electron chi connectivity index (χ3n) is 7.79. The molecular formula is C25H42O4. The third kappa shape index (κ3) is 4.80. The molecule has 0 spiro atoms. The summed E-state index contributed by atoms with van der Waals surface area (Å²) in [5, 5.41) is 21.5. The number of aliphatic hydroxyl groups excluding tert-OH is 2. The molecule has 0 aliphatic heterocycles. The molecule has 2 N–H and O–H groups in total. The number of Topliss-reactive ketones (excluding diaryl/α,β-unsaturated/α-hetero) is 1. The highest BCUT2D eigenvalue weighted by atomic mass is 16.5. The zero-order valence-electron chi connectivity index (χ0n) is 18.5. The largest absolute Gasteiger partial charge is 0.393 e. The van der Waals surface area contributed by atoms with E-state index in [0.717, 1.165) is 44.9 Å². The van der Waals surface area contributed by atoms with E-state index in [1.54, 1.807) is 0 Å². The fraction of sp³-hybridized carbons (Fsp3) is 0.880. The van der Waals surface area contributed by atoms with Gasteiger partial charge in [0.15, 0.2) is 5.78 Å². The Kier molecular flexibility index (Phi) is 8.35. The maximum Gasteiger partial charge on any atom is 0.168 e. The molecule has 0 saturated heterocycles. The summed E-state index contributed by atoms with van der Waals surface area (Å²) in [6.45, 7) is 4.91. The lowest BCUT2D eigenvalue weighted by molar-refractivity contribution is -0.217. The number of hydrogen-bond donors (Lipinski definition) is 2. The number of hydrogen-bond acceptors (Lipinski definition) is 4. The van der Waals surface area contributed by atoms with Crippen molar-refractivity contribution in [2.45, 2.75) is 109 Å². The van der Waals surface area contributed by atoms with E-state index >= 15 is 0 Å². The normalized spacial score (nSPS) is 36.8. The van der Waals surface area contributed by atoms with Gasteiger partial charge >= 0.3 is 0 Å². The molecule has 3 aliphatic carbocycles. The topological polar surface area (TPSA) is 66.8 Å². The summed E-state index contributed by atoms with van der Waals surface area (Å²) in [4.78, 5) is 13.2. The Bertz CT molecular complexity index is 553. The second kappa shape index (κ2) is 10.5. The van der Waals surface area contributed by atoms with E-state index in [2.05, 4.69) is 13.8 Å². The van der Waals surface area contributed by atoms with Crippen molar-refractivity contribution in [2.24, 2.45) is 23.7 Å². The first-order valence-corrected chi connectivity index (χ1v) is 12.3. The van der Waals surface area contributed by atoms with Crippen molar-refractivity contribution >= 4 is 5.78 Å². The molecule has 29 heavy (non-hydrogen) atoms. The summed E-state index contributed by atoms with van der Waals surface area (Å²) < 4.78 is 6.28. The lowest BCUT2D eigenvalue weighted by Gasteiger charge is -2.59. The van der Waals surface area contributed by atoms with Crippen LogP contribution in [0.1, 0.15) is 90.9 Å². The smallest absolute Gasteiger partial charge is 0.168 e. The van der Waals surface area contributed by atoms with Gasteiger partial charge in [-0.1, -0.05) is 64.5 Å². The Hall–Kier alpha value is -0.710. The Balaban J connectivity index is 1.76. The third-order valence-corrected chi connectivity index (χ3v) is 7.79. The van der Waals surface area contributed by atoms with Crippen molar-refractivity contribution in [3.8, 4) is 0 Å². The van der Waals surface area contributed by atoms with Crippen LogP contribution in [0.15, 0.2) is 12.2 Å². The molecule has 2 unspecified atom stereocenters. The van der Waals surface area contributed by atoms with E-state index in [1.807, 2.05) is 12.2 Å². The number of ketones is 1. The Morgan fingerprint density at radius 3 is 2.55 bits per heavy atom. The van der Waals surface area contributed by atoms with Crippen molar-refractivity contribution in [1.29, 1.82) is 0 Å². The van der Waals surface area contributed by atoms with Gasteiger partial charge in [0, 0.05) is 24.4 Å². The van der Waals surface area contributed by atoms with Crippen molar-refractivity contribution in [3.05, 3.63) is 12.2 Å². The lowest BCUT2D eigenvalue weighted by Crippen LogP contribution is -2.70. The van der Waals surface area contributed by atoms with Gasteiger partial charge in [-0.15, -0.1) is 0 Å². The maximum absolute atomic E-state index is 13.2. The monoisotopic (exact) mass is 406 g/mol. The van der Waals surface area contributed by atoms with Crippen LogP contribution in [0.2, 0.25) is 0 Å². The zero-order chi connectivity index (χ0) is 20.9. The van der Waals surface area contributed by atoms with Crippen molar-refractivity contribution in [2.75, 3.05) is 6.61 Å². The fourth-order valence-electron chi connectivity index (χ4n) is 6.03. The summed E-state index contributed by atoms with van der Waals surface area (Å²) in [6.07, 6.45) is 15.2. The van der Waals surface area contributed by atoms with Crippen LogP contribution in [0.3, 0.4) is 0 Å². The van der Waals surface area contributed by atoms with E-state index < -0.39 is 17.8 Å². The summed E-state index contributed by atoms with van der Waals surface area (Å²) in [6, 6.07) is 0. The highest BCUT2D eigenvalue weighted by Gasteiger charge is 2.66. The van der Waals surface area contributed by atoms with Crippen LogP contribution in [0.5, 0.6) is 0 Å². The molecule has 0 heterocycles. The number of carbonyl (C=O) groups excluding carboxylic acids is 1. The maximum atomic E-state index is 13.2. The molecule has 0 radical (unpaired) electrons. The van der Waals surface area contributed by atoms with Crippen molar-refractivity contribution in [1.82, 2.24) is 0 Å². The van der Waals surface area contributed by atoms with E-state index in [1.165, 1.54) is 19.3 Å². The van der Waals surface area contributed by atoms with Gasteiger partial charge in [0.2, 0.25) is 0 Å². The molecule has 0 aromatic rings. The number of aliphatic hydroxyl groups is 2. The summed E-state index contributed by atoms with van der Waals surface area (Å²) in [5.74, 6) is 0.559. The molecule has 3 saturated carbocycles. The molecular weight excluding hydrogens is 364 g/mol. The lowest BCUT2D eigenvalue weighted by atomic mass is 9.49. The predicted molar refractivity (Wildman–Crippen MR) is 116 cm³/mol. The molecule has 4 nitrogen and oxygen atoms in total. The molecule has 166 valence electrons. The Morgan fingerprint density at radius 2 is 1.86 bits per heavy atom. The molecule has 4 heteroatoms. The quantitative estimate of drug-likeness (QED) is 0.403. The second-order valence-corrected chi connectivity index (χ2v) is 9.69. The highest BCUT2D eigenvalue weighted by molar-refractivity contribution is 5.97. The number of carbonyl (C=O) groups is 1. The van der Waals surface area contributed by atoms with Gasteiger partial charge in [-0.25, -0.2) is 0 Å². The molecule has 6 atom stereocenters. The van der Waals surface area contributed by atoms with Gasteiger partial charge in [0.1, 0.15) is 5.60 Å². The van der Waals surface area contributed by atoms with E-state index in [-0.39, 0.29) is 23.5 Å². The number of rotatable bonds is 10. The van der Waals surface area contributed by atoms with Crippen LogP contribution in [0.4, 0.5) is 0 Å². The number of ether oxygens (including phenoxy) is 1. The molecule has 0 aromatic carbocycles. The number of unbranched alkanes of at least 4 members (excludes halogenated alkanes) is 2. The van der Waals surface area contributed by atoms with Gasteiger partial charge in [0.25, 0.3) is 0 Å². The van der Waals surface area contributed by atoms with Crippen LogP contribution in [0.25, 0.3) is 0 Å². The first-order chi connectivity index (χ1) is 14.0. The van der Waals surface area contributed by atoms with E-state index in [9.17, 15) is 15.0 Å². The Labute approximate surface area is 177 Å². The summed E-state index contributed by atoms with van der Waals surface area (Å²) in [5.41, 5.74) is -0.697. The standard InChI is InChI=1S/C25H42O4/c1-3-5-12-20-23-19(13-14-21(26)18-10-8-7-9-11-18)22(27)15-16-25(23,24(20)28)29-17-6-4-2/h13-14,18-23,26-27H,3-12,15-17H2,1-2H3/b14-13+/t19-,20?,21-,22+,23-,25?/m1/s1. The first kappa shape index (κ1) is 23.0. The van der Waals surface area contributed by atoms with Crippen molar-refractivity contribution in [3.63, 3.8) is 0 Å². The average Bonchev–Trinajstić information content (AvgIpc) is 2.75. The molecule has 0 amide bonds. The van der Waals surface area contributed by atoms with Gasteiger partial charge in [0.05, 0.1) is 12.2 Å². The minimum absolute atomic E-state index is 0.00648. The molecule has 0 bridgehead atoms.